The lowest BCUT2D eigenvalue weighted by atomic mass is 10.2. The first-order chi connectivity index (χ1) is 14.6. The van der Waals surface area contributed by atoms with Crippen molar-refractivity contribution in [2.24, 2.45) is 0 Å². The summed E-state index contributed by atoms with van der Waals surface area (Å²) in [6.45, 7) is 50.1. The normalized spacial score (nSPS) is 20.3. The second-order valence-electron chi connectivity index (χ2n) is 15.8. The molecule has 0 N–H and O–H groups in total. The van der Waals surface area contributed by atoms with E-state index in [9.17, 15) is 0 Å². The Morgan fingerprint density at radius 1 is 0.333 bits per heavy atom. The van der Waals surface area contributed by atoms with E-state index in [4.69, 9.17) is 0 Å². The molecule has 2 aliphatic rings. The van der Waals surface area contributed by atoms with Crippen LogP contribution in [0.1, 0.15) is 27.7 Å². The van der Waals surface area contributed by atoms with Gasteiger partial charge >= 0.3 is 0 Å². The molecule has 2 rings (SSSR count). The summed E-state index contributed by atoms with van der Waals surface area (Å²) in [5.41, 5.74) is 6.67. The van der Waals surface area contributed by atoms with E-state index in [2.05, 4.69) is 133 Å². The number of hydrogen-bond acceptors (Lipinski definition) is 0. The molecule has 0 radical (unpaired) electrons. The molecule has 0 amide bonds. The van der Waals surface area contributed by atoms with Crippen molar-refractivity contribution in [1.82, 2.24) is 0 Å². The molecule has 0 unspecified atom stereocenters. The Kier molecular flexibility index (Phi) is 14.1. The van der Waals surface area contributed by atoms with Crippen LogP contribution in [-0.2, 0) is 0 Å². The molecule has 2 heterocycles. The Labute approximate surface area is 267 Å². The lowest BCUT2D eigenvalue weighted by Gasteiger charge is -2.32. The fourth-order valence-electron chi connectivity index (χ4n) is 8.22. The zero-order chi connectivity index (χ0) is 27.6. The molecule has 0 nitrogen and oxygen atoms in total. The number of rotatable bonds is 4. The molecule has 0 bridgehead atoms. The Hall–Kier alpha value is 2.15. The quantitative estimate of drug-likeness (QED) is 0.209. The molecule has 0 aromatic carbocycles. The Morgan fingerprint density at radius 2 is 0.444 bits per heavy atom. The van der Waals surface area contributed by atoms with E-state index < -0.39 is 46.8 Å². The average Bonchev–Trinajstić information content (AvgIpc) is 2.79. The van der Waals surface area contributed by atoms with Crippen molar-refractivity contribution in [3.05, 3.63) is 42.0 Å². The van der Waals surface area contributed by atoms with Gasteiger partial charge in [0.2, 0.25) is 0 Å². The van der Waals surface area contributed by atoms with E-state index in [1.807, 2.05) is 19.7 Å². The van der Waals surface area contributed by atoms with E-state index in [1.165, 1.54) is 0 Å². The summed E-state index contributed by atoms with van der Waals surface area (Å²) in [6.07, 6.45) is 0. The van der Waals surface area contributed by atoms with Crippen LogP contribution in [0.4, 0.5) is 0 Å². The van der Waals surface area contributed by atoms with Gasteiger partial charge in [-0.15, -0.1) is 0 Å². The van der Waals surface area contributed by atoms with Crippen LogP contribution in [0, 0.1) is 0 Å². The maximum Gasteiger partial charge on any atom is 0.123 e. The predicted molar refractivity (Wildman–Crippen MR) is 182 cm³/mol. The van der Waals surface area contributed by atoms with Crippen LogP contribution >= 0.6 is 14.5 Å². The summed E-state index contributed by atoms with van der Waals surface area (Å²) in [5.74, 6) is 0. The van der Waals surface area contributed by atoms with Gasteiger partial charge in [0.1, 0.15) is 32.3 Å². The van der Waals surface area contributed by atoms with Crippen LogP contribution < -0.4 is 48.0 Å². The van der Waals surface area contributed by atoms with Crippen molar-refractivity contribution < 1.29 is 48.0 Å². The largest absolute Gasteiger partial charge is 1.00 e. The molecule has 212 valence electrons. The molecule has 0 saturated heterocycles. The molecular formula is C28H60I2P2Si4. The SMILES string of the molecule is CC1=C([Si](C)(C)C)[P+](C)(C)C([Si](C)(C)C)=C1C.CC1=C([Si](C)(C)C)[P+](C)(C)C([Si](C)(C)C)=C1C.[I-].[I-]. The molecule has 0 saturated carbocycles. The summed E-state index contributed by atoms with van der Waals surface area (Å²) in [7, 11) is -6.67. The van der Waals surface area contributed by atoms with Crippen molar-refractivity contribution in [3.8, 4) is 0 Å². The number of allylic oxidation sites excluding steroid dienone is 4. The molecule has 0 fully saturated rings. The van der Waals surface area contributed by atoms with E-state index in [0.717, 1.165) is 0 Å². The molecule has 0 aromatic heterocycles. The van der Waals surface area contributed by atoms with E-state index >= 15 is 0 Å². The third-order valence-electron chi connectivity index (χ3n) is 7.62. The van der Waals surface area contributed by atoms with Gasteiger partial charge in [0, 0.05) is 0 Å². The molecule has 0 aliphatic carbocycles. The molecular weight excluding hydrogens is 764 g/mol. The minimum absolute atomic E-state index is 0. The highest BCUT2D eigenvalue weighted by atomic mass is 127. The summed E-state index contributed by atoms with van der Waals surface area (Å²) < 4.78 is 0. The average molecular weight is 825 g/mol. The maximum absolute atomic E-state index is 2.58. The summed E-state index contributed by atoms with van der Waals surface area (Å²) in [6, 6.07) is 0. The monoisotopic (exact) mass is 824 g/mol. The van der Waals surface area contributed by atoms with Crippen molar-refractivity contribution in [1.29, 1.82) is 0 Å². The van der Waals surface area contributed by atoms with Crippen LogP contribution in [0.5, 0.6) is 0 Å². The minimum atomic E-state index is -1.18. The van der Waals surface area contributed by atoms with E-state index in [0.29, 0.717) is 0 Å². The Bertz CT molecular complexity index is 817. The van der Waals surface area contributed by atoms with Gasteiger partial charge in [0.15, 0.2) is 0 Å². The van der Waals surface area contributed by atoms with E-state index in [1.54, 1.807) is 22.3 Å². The topological polar surface area (TPSA) is 0 Å². The zero-order valence-electron chi connectivity index (χ0n) is 27.7. The lowest BCUT2D eigenvalue weighted by Crippen LogP contribution is -3.00. The summed E-state index contributed by atoms with van der Waals surface area (Å²) >= 11 is 0. The fourth-order valence-corrected chi connectivity index (χ4v) is 46.8. The summed E-state index contributed by atoms with van der Waals surface area (Å²) in [4.78, 5) is 7.61. The third kappa shape index (κ3) is 8.12. The Balaban J connectivity index is 0. The molecule has 0 spiro atoms. The first-order valence-corrected chi connectivity index (χ1v) is 32.5. The van der Waals surface area contributed by atoms with Gasteiger partial charge in [-0.3, -0.25) is 0 Å². The minimum Gasteiger partial charge on any atom is -1.00 e. The van der Waals surface area contributed by atoms with Gasteiger partial charge < -0.3 is 48.0 Å². The van der Waals surface area contributed by atoms with Crippen LogP contribution in [-0.4, -0.2) is 59.0 Å². The highest BCUT2D eigenvalue weighted by Crippen LogP contribution is 2.76. The molecule has 2 aliphatic heterocycles. The van der Waals surface area contributed by atoms with Gasteiger partial charge in [-0.25, -0.2) is 0 Å². The summed E-state index contributed by atoms with van der Waals surface area (Å²) in [5, 5.41) is 0. The van der Waals surface area contributed by atoms with Crippen molar-refractivity contribution in [2.45, 2.75) is 106 Å². The van der Waals surface area contributed by atoms with Crippen LogP contribution in [0.3, 0.4) is 0 Å². The smallest absolute Gasteiger partial charge is 0.123 e. The third-order valence-corrected chi connectivity index (χ3v) is 35.4. The predicted octanol–water partition coefficient (Wildman–Crippen LogP) is 5.17. The fraction of sp³-hybridized carbons (Fsp3) is 0.714. The standard InChI is InChI=1S/2C14H30PSi2.2HI/c2*1-11-12(2)14(17(8,9)10)15(3,4)13(11)16(5,6)7;;/h2*1-10H3;2*1H/q2*+1;;/p-2. The number of hydrogen-bond donors (Lipinski definition) is 0. The highest BCUT2D eigenvalue weighted by molar-refractivity contribution is 7.88. The first-order valence-electron chi connectivity index (χ1n) is 13.2. The van der Waals surface area contributed by atoms with Gasteiger partial charge in [-0.2, -0.15) is 0 Å². The maximum atomic E-state index is 2.58. The van der Waals surface area contributed by atoms with Crippen molar-refractivity contribution in [2.75, 3.05) is 26.7 Å². The molecule has 0 aromatic rings. The van der Waals surface area contributed by atoms with Crippen molar-refractivity contribution in [3.63, 3.8) is 0 Å². The van der Waals surface area contributed by atoms with Crippen molar-refractivity contribution >= 4 is 46.8 Å². The van der Waals surface area contributed by atoms with Crippen LogP contribution in [0.2, 0.25) is 78.6 Å². The zero-order valence-corrected chi connectivity index (χ0v) is 37.8. The second kappa shape index (κ2) is 12.6. The molecule has 8 heteroatoms. The van der Waals surface area contributed by atoms with Crippen LogP contribution in [0.15, 0.2) is 42.0 Å². The molecule has 36 heavy (non-hydrogen) atoms. The van der Waals surface area contributed by atoms with Gasteiger partial charge in [0.25, 0.3) is 0 Å². The molecule has 0 atom stereocenters. The van der Waals surface area contributed by atoms with E-state index in [-0.39, 0.29) is 48.0 Å². The Morgan fingerprint density at radius 3 is 0.500 bits per heavy atom. The van der Waals surface area contributed by atoms with Gasteiger partial charge in [0.05, 0.1) is 60.9 Å². The highest BCUT2D eigenvalue weighted by Gasteiger charge is 2.54. The van der Waals surface area contributed by atoms with Crippen LogP contribution in [0.25, 0.3) is 0 Å². The second-order valence-corrected chi connectivity index (χ2v) is 45.1. The first kappa shape index (κ1) is 40.3. The van der Waals surface area contributed by atoms with Gasteiger partial charge in [-0.1, -0.05) is 78.6 Å². The number of halogens is 2. The lowest BCUT2D eigenvalue weighted by molar-refractivity contribution is -0.001000. The van der Waals surface area contributed by atoms with Gasteiger partial charge in [-0.05, 0) is 50.0 Å².